The minimum atomic E-state index is -3.64. The zero-order chi connectivity index (χ0) is 19.6. The minimum Gasteiger partial charge on any atom is -0.495 e. The second-order valence-electron chi connectivity index (χ2n) is 6.42. The molecule has 1 fully saturated rings. The van der Waals surface area contributed by atoms with Crippen LogP contribution in [0.5, 0.6) is 5.75 Å². The number of rotatable bonds is 8. The summed E-state index contributed by atoms with van der Waals surface area (Å²) >= 11 is 0. The van der Waals surface area contributed by atoms with Gasteiger partial charge in [0.15, 0.2) is 0 Å². The Kier molecular flexibility index (Phi) is 5.49. The summed E-state index contributed by atoms with van der Waals surface area (Å²) in [5.41, 5.74) is 0.973. The third-order valence-corrected chi connectivity index (χ3v) is 5.77. The lowest BCUT2D eigenvalue weighted by Gasteiger charge is -2.17. The van der Waals surface area contributed by atoms with Gasteiger partial charge in [0.1, 0.15) is 11.8 Å². The van der Waals surface area contributed by atoms with Crippen molar-refractivity contribution in [3.8, 4) is 5.75 Å². The van der Waals surface area contributed by atoms with Gasteiger partial charge < -0.3 is 15.4 Å². The van der Waals surface area contributed by atoms with E-state index in [9.17, 15) is 13.2 Å². The molecule has 1 saturated carbocycles. The van der Waals surface area contributed by atoms with Gasteiger partial charge in [0, 0.05) is 24.8 Å². The van der Waals surface area contributed by atoms with E-state index in [0.717, 1.165) is 12.8 Å². The second kappa shape index (κ2) is 7.67. The molecule has 10 heteroatoms. The highest BCUT2D eigenvalue weighted by Gasteiger charge is 2.29. The van der Waals surface area contributed by atoms with Crippen LogP contribution in [0.2, 0.25) is 0 Å². The Hall–Kier alpha value is -2.43. The van der Waals surface area contributed by atoms with Gasteiger partial charge in [-0.25, -0.2) is 13.1 Å². The predicted molar refractivity (Wildman–Crippen MR) is 100.0 cm³/mol. The molecular weight excluding hydrogens is 370 g/mol. The Morgan fingerprint density at radius 3 is 2.67 bits per heavy atom. The van der Waals surface area contributed by atoms with E-state index in [1.807, 2.05) is 0 Å². The molecule has 1 aliphatic carbocycles. The molecule has 27 heavy (non-hydrogen) atoms. The molecule has 9 nitrogen and oxygen atoms in total. The Morgan fingerprint density at radius 2 is 2.11 bits per heavy atom. The van der Waals surface area contributed by atoms with E-state index in [1.54, 1.807) is 31.2 Å². The lowest BCUT2D eigenvalue weighted by atomic mass is 10.1. The Morgan fingerprint density at radius 1 is 1.37 bits per heavy atom. The number of nitrogens with one attached hydrogen (secondary N) is 3. The Labute approximate surface area is 158 Å². The predicted octanol–water partition coefficient (Wildman–Crippen LogP) is 0.769. The normalized spacial score (nSPS) is 15.4. The fraction of sp³-hybridized carbons (Fsp3) is 0.412. The van der Waals surface area contributed by atoms with Gasteiger partial charge in [0.2, 0.25) is 15.9 Å². The molecular formula is C17H23N5O4S. The number of amides is 1. The average Bonchev–Trinajstić information content (AvgIpc) is 3.33. The smallest absolute Gasteiger partial charge is 0.246 e. The van der Waals surface area contributed by atoms with Gasteiger partial charge in [-0.3, -0.25) is 9.48 Å². The maximum atomic E-state index is 12.7. The molecule has 2 aromatic rings. The molecule has 1 aliphatic rings. The summed E-state index contributed by atoms with van der Waals surface area (Å²) in [6.07, 6.45) is 5.01. The van der Waals surface area contributed by atoms with Gasteiger partial charge in [0.05, 0.1) is 23.9 Å². The van der Waals surface area contributed by atoms with Gasteiger partial charge in [-0.15, -0.1) is 0 Å². The first-order valence-corrected chi connectivity index (χ1v) is 9.99. The van der Waals surface area contributed by atoms with Gasteiger partial charge >= 0.3 is 0 Å². The van der Waals surface area contributed by atoms with Crippen LogP contribution >= 0.6 is 0 Å². The fourth-order valence-electron chi connectivity index (χ4n) is 2.68. The first kappa shape index (κ1) is 19.3. The van der Waals surface area contributed by atoms with Crippen LogP contribution in [-0.2, 0) is 21.9 Å². The minimum absolute atomic E-state index is 0.00519. The zero-order valence-electron chi connectivity index (χ0n) is 15.4. The van der Waals surface area contributed by atoms with E-state index in [-0.39, 0.29) is 22.5 Å². The number of hydrogen-bond acceptors (Lipinski definition) is 6. The highest BCUT2D eigenvalue weighted by atomic mass is 32.2. The summed E-state index contributed by atoms with van der Waals surface area (Å²) in [6, 6.07) is 3.73. The molecule has 1 unspecified atom stereocenters. The lowest BCUT2D eigenvalue weighted by Crippen LogP contribution is -2.30. The molecule has 1 atom stereocenters. The van der Waals surface area contributed by atoms with Gasteiger partial charge in [0.25, 0.3) is 0 Å². The van der Waals surface area contributed by atoms with E-state index in [4.69, 9.17) is 4.74 Å². The first-order valence-electron chi connectivity index (χ1n) is 8.51. The molecule has 0 aliphatic heterocycles. The monoisotopic (exact) mass is 393 g/mol. The van der Waals surface area contributed by atoms with Crippen molar-refractivity contribution in [3.05, 3.63) is 36.2 Å². The van der Waals surface area contributed by atoms with Crippen LogP contribution in [0.3, 0.4) is 0 Å². The summed E-state index contributed by atoms with van der Waals surface area (Å²) in [5, 5.41) is 9.75. The van der Waals surface area contributed by atoms with Crippen LogP contribution in [0.15, 0.2) is 35.5 Å². The molecule has 1 aromatic carbocycles. The summed E-state index contributed by atoms with van der Waals surface area (Å²) in [7, 11) is 1.24. The summed E-state index contributed by atoms with van der Waals surface area (Å²) in [4.78, 5) is 12.8. The van der Waals surface area contributed by atoms with Crippen molar-refractivity contribution in [2.75, 3.05) is 19.5 Å². The van der Waals surface area contributed by atoms with Crippen molar-refractivity contribution in [1.29, 1.82) is 0 Å². The van der Waals surface area contributed by atoms with Crippen molar-refractivity contribution >= 4 is 21.6 Å². The van der Waals surface area contributed by atoms with Crippen LogP contribution in [0.25, 0.3) is 0 Å². The van der Waals surface area contributed by atoms with Crippen LogP contribution in [-0.4, -0.2) is 44.3 Å². The Bertz CT molecular complexity index is 937. The number of carbonyl (C=O) groups excluding carboxylic acids is 1. The average molecular weight is 393 g/mol. The zero-order valence-corrected chi connectivity index (χ0v) is 16.2. The number of sulfonamides is 1. The number of benzene rings is 1. The number of carbonyl (C=O) groups is 1. The maximum Gasteiger partial charge on any atom is 0.246 e. The molecule has 1 aromatic heterocycles. The summed E-state index contributed by atoms with van der Waals surface area (Å²) in [5.74, 6) is 0.0169. The third kappa shape index (κ3) is 4.46. The van der Waals surface area contributed by atoms with Crippen molar-refractivity contribution in [2.45, 2.75) is 29.8 Å². The second-order valence-corrected chi connectivity index (χ2v) is 8.13. The topological polar surface area (TPSA) is 114 Å². The molecule has 3 N–H and O–H groups in total. The Balaban J connectivity index is 1.85. The number of nitrogens with zero attached hydrogens (tertiary/aromatic N) is 2. The third-order valence-electron chi connectivity index (χ3n) is 4.25. The van der Waals surface area contributed by atoms with E-state index >= 15 is 0 Å². The highest BCUT2D eigenvalue weighted by molar-refractivity contribution is 7.89. The van der Waals surface area contributed by atoms with Crippen molar-refractivity contribution < 1.29 is 17.9 Å². The van der Waals surface area contributed by atoms with Gasteiger partial charge in [-0.1, -0.05) is 0 Å². The number of ether oxygens (including phenoxy) is 1. The van der Waals surface area contributed by atoms with Crippen LogP contribution < -0.4 is 20.1 Å². The van der Waals surface area contributed by atoms with Crippen molar-refractivity contribution in [2.24, 2.45) is 7.05 Å². The van der Waals surface area contributed by atoms with Crippen LogP contribution in [0.1, 0.15) is 24.4 Å². The fourth-order valence-corrected chi connectivity index (χ4v) is 4.01. The van der Waals surface area contributed by atoms with Crippen LogP contribution in [0.4, 0.5) is 5.69 Å². The summed E-state index contributed by atoms with van der Waals surface area (Å²) < 4.78 is 34.4. The van der Waals surface area contributed by atoms with E-state index < -0.39 is 16.1 Å². The van der Waals surface area contributed by atoms with Crippen molar-refractivity contribution in [3.63, 3.8) is 0 Å². The molecule has 0 saturated heterocycles. The number of anilines is 1. The van der Waals surface area contributed by atoms with E-state index in [0.29, 0.717) is 11.3 Å². The summed E-state index contributed by atoms with van der Waals surface area (Å²) in [6.45, 7) is 0. The number of aryl methyl sites for hydroxylation is 1. The molecule has 0 bridgehead atoms. The molecule has 1 heterocycles. The highest BCUT2D eigenvalue weighted by Crippen LogP contribution is 2.30. The van der Waals surface area contributed by atoms with E-state index in [2.05, 4.69) is 20.5 Å². The lowest BCUT2D eigenvalue weighted by molar-refractivity contribution is -0.118. The molecule has 0 radical (unpaired) electrons. The molecule has 0 spiro atoms. The SMILES string of the molecule is CNC(C(=O)Nc1cc(S(=O)(=O)NC2CC2)ccc1OC)c1cnn(C)c1. The maximum absolute atomic E-state index is 12.7. The van der Waals surface area contributed by atoms with Crippen LogP contribution in [0, 0.1) is 0 Å². The number of aromatic nitrogens is 2. The van der Waals surface area contributed by atoms with Gasteiger partial charge in [-0.05, 0) is 38.1 Å². The molecule has 3 rings (SSSR count). The number of likely N-dealkylation sites (N-methyl/N-ethyl adjacent to an activating group) is 1. The van der Waals surface area contributed by atoms with Gasteiger partial charge in [-0.2, -0.15) is 5.10 Å². The quantitative estimate of drug-likeness (QED) is 0.610. The largest absolute Gasteiger partial charge is 0.495 e. The number of methoxy groups -OCH3 is 1. The first-order chi connectivity index (χ1) is 12.8. The molecule has 1 amide bonds. The number of hydrogen-bond donors (Lipinski definition) is 3. The van der Waals surface area contributed by atoms with E-state index in [1.165, 1.54) is 25.3 Å². The van der Waals surface area contributed by atoms with Crippen molar-refractivity contribution in [1.82, 2.24) is 19.8 Å². The molecule has 146 valence electrons. The standard InChI is InChI=1S/C17H23N5O4S/c1-18-16(11-9-19-22(2)10-11)17(23)20-14-8-13(6-7-15(14)26-3)27(24,25)21-12-4-5-12/h6-10,12,16,18,21H,4-5H2,1-3H3,(H,20,23).